The van der Waals surface area contributed by atoms with Crippen LogP contribution in [0.25, 0.3) is 0 Å². The topological polar surface area (TPSA) is 17.1 Å². The zero-order valence-corrected chi connectivity index (χ0v) is 6.35. The molecule has 0 aliphatic heterocycles. The molecular formula is C8H14O. The van der Waals surface area contributed by atoms with Gasteiger partial charge < -0.3 is 0 Å². The number of rotatable bonds is 3. The molecule has 1 nitrogen and oxygen atoms in total. The highest BCUT2D eigenvalue weighted by molar-refractivity contribution is 5.91. The summed E-state index contributed by atoms with van der Waals surface area (Å²) in [6.07, 6.45) is 4.35. The van der Waals surface area contributed by atoms with Crippen molar-refractivity contribution in [2.24, 2.45) is 5.92 Å². The molecule has 0 aromatic heterocycles. The lowest BCUT2D eigenvalue weighted by Gasteiger charge is -2.00. The Morgan fingerprint density at radius 1 is 1.67 bits per heavy atom. The Hall–Kier alpha value is -0.590. The van der Waals surface area contributed by atoms with Gasteiger partial charge in [0, 0.05) is 5.92 Å². The third kappa shape index (κ3) is 3.07. The van der Waals surface area contributed by atoms with Crippen molar-refractivity contribution in [3.05, 3.63) is 12.2 Å². The van der Waals surface area contributed by atoms with Crippen molar-refractivity contribution >= 4 is 5.78 Å². The molecule has 0 aromatic rings. The van der Waals surface area contributed by atoms with Crippen LogP contribution in [0.4, 0.5) is 0 Å². The van der Waals surface area contributed by atoms with Crippen LogP contribution in [-0.4, -0.2) is 5.78 Å². The van der Waals surface area contributed by atoms with Gasteiger partial charge >= 0.3 is 0 Å². The quantitative estimate of drug-likeness (QED) is 0.530. The van der Waals surface area contributed by atoms with E-state index in [1.54, 1.807) is 12.2 Å². The lowest BCUT2D eigenvalue weighted by atomic mass is 10.0. The van der Waals surface area contributed by atoms with Crippen molar-refractivity contribution in [1.29, 1.82) is 0 Å². The van der Waals surface area contributed by atoms with Gasteiger partial charge in [0.05, 0.1) is 0 Å². The van der Waals surface area contributed by atoms with Crippen molar-refractivity contribution in [2.75, 3.05) is 0 Å². The summed E-state index contributed by atoms with van der Waals surface area (Å²) in [4.78, 5) is 10.9. The normalized spacial score (nSPS) is 14.1. The average molecular weight is 126 g/mol. The monoisotopic (exact) mass is 126 g/mol. The molecule has 9 heavy (non-hydrogen) atoms. The van der Waals surface area contributed by atoms with Gasteiger partial charge in [-0.2, -0.15) is 0 Å². The van der Waals surface area contributed by atoms with Crippen LogP contribution >= 0.6 is 0 Å². The van der Waals surface area contributed by atoms with Gasteiger partial charge in [-0.05, 0) is 19.4 Å². The van der Waals surface area contributed by atoms with E-state index in [9.17, 15) is 4.79 Å². The molecule has 0 bridgehead atoms. The third-order valence-electron chi connectivity index (χ3n) is 1.43. The Morgan fingerprint density at radius 3 is 2.56 bits per heavy atom. The van der Waals surface area contributed by atoms with Crippen molar-refractivity contribution in [2.45, 2.75) is 27.2 Å². The number of carbonyl (C=O) groups is 1. The number of allylic oxidation sites excluding steroid dienone is 2. The van der Waals surface area contributed by atoms with Crippen molar-refractivity contribution in [3.8, 4) is 0 Å². The summed E-state index contributed by atoms with van der Waals surface area (Å²) in [6.45, 7) is 5.83. The van der Waals surface area contributed by atoms with Crippen molar-refractivity contribution in [1.82, 2.24) is 0 Å². The van der Waals surface area contributed by atoms with E-state index in [0.29, 0.717) is 0 Å². The lowest BCUT2D eigenvalue weighted by Crippen LogP contribution is -2.05. The molecule has 0 fully saturated rings. The number of hydrogen-bond donors (Lipinski definition) is 0. The minimum Gasteiger partial charge on any atom is -0.295 e. The summed E-state index contributed by atoms with van der Waals surface area (Å²) in [6, 6.07) is 0. The Bertz CT molecular complexity index is 114. The maximum Gasteiger partial charge on any atom is 0.158 e. The van der Waals surface area contributed by atoms with Gasteiger partial charge in [0.1, 0.15) is 0 Å². The van der Waals surface area contributed by atoms with Crippen LogP contribution in [0, 0.1) is 5.92 Å². The van der Waals surface area contributed by atoms with E-state index in [-0.39, 0.29) is 11.7 Å². The van der Waals surface area contributed by atoms with Crippen LogP contribution in [0.5, 0.6) is 0 Å². The summed E-state index contributed by atoms with van der Waals surface area (Å²) in [5.41, 5.74) is 0. The molecule has 0 spiro atoms. The molecule has 0 radical (unpaired) electrons. The standard InChI is InChI=1S/C8H14O/c1-4-6-8(9)7(3)5-2/h4,6-7H,5H2,1-3H3/b6-4-. The molecule has 0 saturated carbocycles. The minimum absolute atomic E-state index is 0.196. The molecule has 0 aliphatic rings. The Labute approximate surface area is 56.8 Å². The zero-order chi connectivity index (χ0) is 7.28. The van der Waals surface area contributed by atoms with Crippen LogP contribution in [0.2, 0.25) is 0 Å². The van der Waals surface area contributed by atoms with E-state index in [1.807, 2.05) is 20.8 Å². The van der Waals surface area contributed by atoms with Gasteiger partial charge in [0.15, 0.2) is 5.78 Å². The second-order valence-electron chi connectivity index (χ2n) is 2.21. The maximum absolute atomic E-state index is 10.9. The van der Waals surface area contributed by atoms with E-state index in [0.717, 1.165) is 6.42 Å². The fraction of sp³-hybridized carbons (Fsp3) is 0.625. The molecule has 0 rings (SSSR count). The Balaban J connectivity index is 3.73. The zero-order valence-electron chi connectivity index (χ0n) is 6.35. The molecule has 0 aliphatic carbocycles. The average Bonchev–Trinajstić information content (AvgIpc) is 1.87. The van der Waals surface area contributed by atoms with Crippen LogP contribution < -0.4 is 0 Å². The van der Waals surface area contributed by atoms with Crippen LogP contribution in [0.1, 0.15) is 27.2 Å². The molecule has 0 heterocycles. The lowest BCUT2D eigenvalue weighted by molar-refractivity contribution is -0.117. The van der Waals surface area contributed by atoms with E-state index in [4.69, 9.17) is 0 Å². The maximum atomic E-state index is 10.9. The largest absolute Gasteiger partial charge is 0.295 e. The third-order valence-corrected chi connectivity index (χ3v) is 1.43. The summed E-state index contributed by atoms with van der Waals surface area (Å²) >= 11 is 0. The van der Waals surface area contributed by atoms with Gasteiger partial charge in [-0.15, -0.1) is 0 Å². The second kappa shape index (κ2) is 4.30. The molecule has 0 amide bonds. The van der Waals surface area contributed by atoms with Crippen LogP contribution in [0.15, 0.2) is 12.2 Å². The molecule has 0 saturated heterocycles. The minimum atomic E-state index is 0.196. The second-order valence-corrected chi connectivity index (χ2v) is 2.21. The molecule has 0 N–H and O–H groups in total. The highest BCUT2D eigenvalue weighted by Crippen LogP contribution is 2.01. The highest BCUT2D eigenvalue weighted by Gasteiger charge is 2.04. The first kappa shape index (κ1) is 8.41. The summed E-state index contributed by atoms with van der Waals surface area (Å²) < 4.78 is 0. The van der Waals surface area contributed by atoms with Gasteiger partial charge in [-0.1, -0.05) is 19.9 Å². The van der Waals surface area contributed by atoms with Crippen LogP contribution in [0.3, 0.4) is 0 Å². The molecular weight excluding hydrogens is 112 g/mol. The fourth-order valence-electron chi connectivity index (χ4n) is 0.530. The SMILES string of the molecule is C/C=C\C(=O)C(C)CC. The predicted molar refractivity (Wildman–Crippen MR) is 39.3 cm³/mol. The summed E-state index contributed by atoms with van der Waals surface area (Å²) in [7, 11) is 0. The Kier molecular flexibility index (Phi) is 4.02. The first-order valence-electron chi connectivity index (χ1n) is 3.38. The van der Waals surface area contributed by atoms with Gasteiger partial charge in [0.2, 0.25) is 0 Å². The van der Waals surface area contributed by atoms with E-state index < -0.39 is 0 Å². The molecule has 1 unspecified atom stereocenters. The number of hydrogen-bond acceptors (Lipinski definition) is 1. The van der Waals surface area contributed by atoms with Gasteiger partial charge in [-0.25, -0.2) is 0 Å². The number of carbonyl (C=O) groups excluding carboxylic acids is 1. The molecule has 1 heteroatoms. The summed E-state index contributed by atoms with van der Waals surface area (Å²) in [5.74, 6) is 0.432. The first-order valence-corrected chi connectivity index (χ1v) is 3.38. The van der Waals surface area contributed by atoms with E-state index in [2.05, 4.69) is 0 Å². The summed E-state index contributed by atoms with van der Waals surface area (Å²) in [5, 5.41) is 0. The van der Waals surface area contributed by atoms with Gasteiger partial charge in [-0.3, -0.25) is 4.79 Å². The highest BCUT2D eigenvalue weighted by atomic mass is 16.1. The predicted octanol–water partition coefficient (Wildman–Crippen LogP) is 2.18. The molecule has 52 valence electrons. The first-order chi connectivity index (χ1) is 4.22. The van der Waals surface area contributed by atoms with Crippen molar-refractivity contribution in [3.63, 3.8) is 0 Å². The van der Waals surface area contributed by atoms with E-state index in [1.165, 1.54) is 0 Å². The molecule has 1 atom stereocenters. The molecule has 0 aromatic carbocycles. The Morgan fingerprint density at radius 2 is 2.22 bits per heavy atom. The van der Waals surface area contributed by atoms with Crippen molar-refractivity contribution < 1.29 is 4.79 Å². The van der Waals surface area contributed by atoms with E-state index >= 15 is 0 Å². The van der Waals surface area contributed by atoms with Crippen LogP contribution in [-0.2, 0) is 4.79 Å². The van der Waals surface area contributed by atoms with Gasteiger partial charge in [0.25, 0.3) is 0 Å². The fourth-order valence-corrected chi connectivity index (χ4v) is 0.530. The smallest absolute Gasteiger partial charge is 0.158 e. The number of ketones is 1.